The molecule has 0 radical (unpaired) electrons. The normalized spacial score (nSPS) is 17.9. The minimum atomic E-state index is -0.566. The Kier molecular flexibility index (Phi) is 3.94. The van der Waals surface area contributed by atoms with Gasteiger partial charge in [0.15, 0.2) is 0 Å². The highest BCUT2D eigenvalue weighted by Gasteiger charge is 2.43. The minimum absolute atomic E-state index is 0.0534. The first-order valence-corrected chi connectivity index (χ1v) is 6.83. The molecular formula is C14H16BrNO2. The molecule has 1 aromatic carbocycles. The van der Waals surface area contributed by atoms with Gasteiger partial charge in [-0.15, -0.1) is 0 Å². The molecule has 1 N–H and O–H groups in total. The highest BCUT2D eigenvalue weighted by molar-refractivity contribution is 9.10. The van der Waals surface area contributed by atoms with E-state index in [1.165, 1.54) is 0 Å². The molecule has 0 heterocycles. The number of nitrogens with zero attached hydrogens (tertiary/aromatic N) is 1. The summed E-state index contributed by atoms with van der Waals surface area (Å²) in [7, 11) is 0. The fourth-order valence-electron chi connectivity index (χ4n) is 1.92. The number of aliphatic hydroxyl groups excluding tert-OH is 1. The van der Waals surface area contributed by atoms with Gasteiger partial charge in [-0.2, -0.15) is 5.26 Å². The van der Waals surface area contributed by atoms with Crippen molar-refractivity contribution >= 4 is 15.9 Å². The minimum Gasteiger partial charge on any atom is -0.493 e. The first kappa shape index (κ1) is 13.4. The van der Waals surface area contributed by atoms with Gasteiger partial charge in [0.05, 0.1) is 18.8 Å². The largest absolute Gasteiger partial charge is 0.493 e. The quantitative estimate of drug-likeness (QED) is 0.904. The van der Waals surface area contributed by atoms with Gasteiger partial charge in [-0.05, 0) is 38.0 Å². The number of nitriles is 1. The van der Waals surface area contributed by atoms with Crippen molar-refractivity contribution in [3.63, 3.8) is 0 Å². The van der Waals surface area contributed by atoms with Gasteiger partial charge < -0.3 is 9.84 Å². The highest BCUT2D eigenvalue weighted by atomic mass is 79.9. The smallest absolute Gasteiger partial charge is 0.125 e. The predicted octanol–water partition coefficient (Wildman–Crippen LogP) is 3.58. The van der Waals surface area contributed by atoms with Gasteiger partial charge in [0.1, 0.15) is 5.75 Å². The summed E-state index contributed by atoms with van der Waals surface area (Å²) in [6.45, 7) is 2.28. The lowest BCUT2D eigenvalue weighted by atomic mass is 10.1. The lowest BCUT2D eigenvalue weighted by Gasteiger charge is -2.17. The molecule has 0 aliphatic heterocycles. The van der Waals surface area contributed by atoms with Crippen molar-refractivity contribution in [3.8, 4) is 11.8 Å². The molecule has 1 aliphatic rings. The lowest BCUT2D eigenvalue weighted by molar-refractivity contribution is 0.183. The zero-order valence-electron chi connectivity index (χ0n) is 10.3. The van der Waals surface area contributed by atoms with Crippen molar-refractivity contribution in [2.24, 2.45) is 5.41 Å². The van der Waals surface area contributed by atoms with Crippen LogP contribution in [0.3, 0.4) is 0 Å². The Balaban J connectivity index is 2.08. The van der Waals surface area contributed by atoms with Crippen LogP contribution in [-0.4, -0.2) is 11.7 Å². The maximum Gasteiger partial charge on any atom is 0.125 e. The second kappa shape index (κ2) is 5.29. The van der Waals surface area contributed by atoms with Gasteiger partial charge in [0, 0.05) is 21.9 Å². The molecule has 1 saturated carbocycles. The van der Waals surface area contributed by atoms with Crippen LogP contribution in [-0.2, 0) is 0 Å². The molecular weight excluding hydrogens is 294 g/mol. The molecule has 0 saturated heterocycles. The Morgan fingerprint density at radius 2 is 2.28 bits per heavy atom. The summed E-state index contributed by atoms with van der Waals surface area (Å²) < 4.78 is 6.72. The Hall–Kier alpha value is -1.05. The molecule has 1 aliphatic carbocycles. The number of ether oxygens (including phenoxy) is 1. The molecule has 0 aromatic heterocycles. The third-order valence-electron chi connectivity index (χ3n) is 3.37. The molecule has 0 spiro atoms. The van der Waals surface area contributed by atoms with Crippen molar-refractivity contribution < 1.29 is 9.84 Å². The van der Waals surface area contributed by atoms with Gasteiger partial charge in [-0.3, -0.25) is 0 Å². The van der Waals surface area contributed by atoms with Crippen molar-refractivity contribution in [1.82, 2.24) is 0 Å². The average Bonchev–Trinajstić information content (AvgIpc) is 3.08. The molecule has 2 rings (SSSR count). The van der Waals surface area contributed by atoms with Crippen molar-refractivity contribution in [2.75, 3.05) is 6.61 Å². The fourth-order valence-corrected chi connectivity index (χ4v) is 2.30. The third-order valence-corrected chi connectivity index (χ3v) is 3.86. The SMILES string of the molecule is CC(O)c1cc(Br)ccc1OCC1(CC#N)CC1. The molecule has 1 atom stereocenters. The van der Waals surface area contributed by atoms with E-state index in [-0.39, 0.29) is 5.41 Å². The number of hydrogen-bond donors (Lipinski definition) is 1. The summed E-state index contributed by atoms with van der Waals surface area (Å²) in [6.07, 6.45) is 2.10. The van der Waals surface area contributed by atoms with Crippen LogP contribution in [0.2, 0.25) is 0 Å². The number of halogens is 1. The van der Waals surface area contributed by atoms with Crippen molar-refractivity contribution in [3.05, 3.63) is 28.2 Å². The first-order valence-electron chi connectivity index (χ1n) is 6.04. The van der Waals surface area contributed by atoms with Crippen LogP contribution in [0.15, 0.2) is 22.7 Å². The van der Waals surface area contributed by atoms with E-state index in [2.05, 4.69) is 22.0 Å². The lowest BCUT2D eigenvalue weighted by Crippen LogP contribution is -2.13. The molecule has 18 heavy (non-hydrogen) atoms. The Morgan fingerprint density at radius 1 is 1.56 bits per heavy atom. The van der Waals surface area contributed by atoms with E-state index in [9.17, 15) is 5.11 Å². The van der Waals surface area contributed by atoms with E-state index in [4.69, 9.17) is 10.00 Å². The van der Waals surface area contributed by atoms with Crippen LogP contribution in [0.1, 0.15) is 37.9 Å². The summed E-state index contributed by atoms with van der Waals surface area (Å²) in [5, 5.41) is 18.5. The monoisotopic (exact) mass is 309 g/mol. The van der Waals surface area contributed by atoms with Crippen LogP contribution in [0.4, 0.5) is 0 Å². The zero-order valence-corrected chi connectivity index (χ0v) is 11.9. The van der Waals surface area contributed by atoms with Crippen LogP contribution >= 0.6 is 15.9 Å². The maximum absolute atomic E-state index is 9.72. The predicted molar refractivity (Wildman–Crippen MR) is 72.2 cm³/mol. The second-order valence-corrected chi connectivity index (χ2v) is 5.90. The average molecular weight is 310 g/mol. The van der Waals surface area contributed by atoms with Crippen molar-refractivity contribution in [1.29, 1.82) is 5.26 Å². The first-order chi connectivity index (χ1) is 8.56. The summed E-state index contributed by atoms with van der Waals surface area (Å²) in [5.74, 6) is 0.706. The van der Waals surface area contributed by atoms with Gasteiger partial charge in [-0.1, -0.05) is 15.9 Å². The van der Waals surface area contributed by atoms with Gasteiger partial charge in [0.2, 0.25) is 0 Å². The van der Waals surface area contributed by atoms with E-state index in [1.807, 2.05) is 18.2 Å². The maximum atomic E-state index is 9.72. The van der Waals surface area contributed by atoms with Gasteiger partial charge >= 0.3 is 0 Å². The molecule has 4 heteroatoms. The second-order valence-electron chi connectivity index (χ2n) is 4.98. The zero-order chi connectivity index (χ0) is 13.2. The van der Waals surface area contributed by atoms with Crippen LogP contribution in [0, 0.1) is 16.7 Å². The Labute approximate surface area is 116 Å². The van der Waals surface area contributed by atoms with Gasteiger partial charge in [-0.25, -0.2) is 0 Å². The van der Waals surface area contributed by atoms with Crippen molar-refractivity contribution in [2.45, 2.75) is 32.3 Å². The molecule has 96 valence electrons. The standard InChI is InChI=1S/C14H16BrNO2/c1-10(17)12-8-11(15)2-3-13(12)18-9-14(4-5-14)6-7-16/h2-3,8,10,17H,4-6,9H2,1H3. The van der Waals surface area contributed by atoms with Crippen LogP contribution < -0.4 is 4.74 Å². The van der Waals surface area contributed by atoms with Crippen LogP contribution in [0.5, 0.6) is 5.75 Å². The van der Waals surface area contributed by atoms with E-state index < -0.39 is 6.10 Å². The molecule has 3 nitrogen and oxygen atoms in total. The molecule has 0 bridgehead atoms. The van der Waals surface area contributed by atoms with E-state index >= 15 is 0 Å². The fraction of sp³-hybridized carbons (Fsp3) is 0.500. The van der Waals surface area contributed by atoms with E-state index in [1.54, 1.807) is 6.92 Å². The summed E-state index contributed by atoms with van der Waals surface area (Å²) >= 11 is 3.38. The summed E-state index contributed by atoms with van der Waals surface area (Å²) in [4.78, 5) is 0. The third kappa shape index (κ3) is 3.04. The van der Waals surface area contributed by atoms with Gasteiger partial charge in [0.25, 0.3) is 0 Å². The molecule has 1 unspecified atom stereocenters. The topological polar surface area (TPSA) is 53.2 Å². The summed E-state index contributed by atoms with van der Waals surface area (Å²) in [5.41, 5.74) is 0.828. The van der Waals surface area contributed by atoms with E-state index in [0.717, 1.165) is 22.9 Å². The number of hydrogen-bond acceptors (Lipinski definition) is 3. The molecule has 1 aromatic rings. The Bertz CT molecular complexity index is 475. The number of benzene rings is 1. The number of aliphatic hydroxyl groups is 1. The summed E-state index contributed by atoms with van der Waals surface area (Å²) in [6, 6.07) is 7.83. The van der Waals surface area contributed by atoms with E-state index in [0.29, 0.717) is 18.8 Å². The molecule has 1 fully saturated rings. The Morgan fingerprint density at radius 3 is 2.83 bits per heavy atom. The van der Waals surface area contributed by atoms with Crippen LogP contribution in [0.25, 0.3) is 0 Å². The number of rotatable bonds is 5. The molecule has 0 amide bonds. The highest BCUT2D eigenvalue weighted by Crippen LogP contribution is 2.49.